The van der Waals surface area contributed by atoms with Gasteiger partial charge in [0.15, 0.2) is 23.0 Å². The van der Waals surface area contributed by atoms with E-state index >= 15 is 0 Å². The lowest BCUT2D eigenvalue weighted by atomic mass is 10.0. The highest BCUT2D eigenvalue weighted by Crippen LogP contribution is 2.34. The Morgan fingerprint density at radius 2 is 1.48 bits per heavy atom. The minimum Gasteiger partial charge on any atom is -0.493 e. The zero-order valence-corrected chi connectivity index (χ0v) is 16.4. The topological polar surface area (TPSA) is 49.8 Å². The molecule has 0 saturated heterocycles. The first-order valence-electron chi connectivity index (χ1n) is 8.89. The van der Waals surface area contributed by atoms with Gasteiger partial charge < -0.3 is 18.9 Å². The van der Waals surface area contributed by atoms with Crippen LogP contribution < -0.4 is 18.9 Å². The highest BCUT2D eigenvalue weighted by atomic mass is 16.5. The van der Waals surface area contributed by atoms with Crippen LogP contribution >= 0.6 is 0 Å². The Labute approximate surface area is 159 Å². The van der Waals surface area contributed by atoms with Crippen LogP contribution in [0.1, 0.15) is 25.1 Å². The molecule has 0 amide bonds. The maximum atomic E-state index is 5.80. The Balaban J connectivity index is 1.99. The van der Waals surface area contributed by atoms with Gasteiger partial charge in [0.25, 0.3) is 0 Å². The molecule has 0 atom stereocenters. The van der Waals surface area contributed by atoms with Crippen molar-refractivity contribution in [3.8, 4) is 23.0 Å². The average Bonchev–Trinajstić information content (AvgIpc) is 2.67. The smallest absolute Gasteiger partial charge is 0.161 e. The first-order valence-corrected chi connectivity index (χ1v) is 8.89. The number of ether oxygens (including phenoxy) is 4. The van der Waals surface area contributed by atoms with E-state index in [4.69, 9.17) is 18.9 Å². The van der Waals surface area contributed by atoms with E-state index in [2.05, 4.69) is 4.98 Å². The number of pyridine rings is 1. The van der Waals surface area contributed by atoms with Gasteiger partial charge >= 0.3 is 0 Å². The number of benzene rings is 2. The molecule has 142 valence electrons. The van der Waals surface area contributed by atoms with Crippen molar-refractivity contribution in [2.75, 3.05) is 21.3 Å². The SMILES string of the molecule is COc1cc2ccnc(Cc3ccc(OC(C)C)c(OC)c3)c2cc1OC. The second-order valence-electron chi connectivity index (χ2n) is 6.51. The number of hydrogen-bond acceptors (Lipinski definition) is 5. The summed E-state index contributed by atoms with van der Waals surface area (Å²) in [7, 11) is 4.93. The fraction of sp³-hybridized carbons (Fsp3) is 0.318. The Kier molecular flexibility index (Phi) is 5.69. The molecule has 0 radical (unpaired) electrons. The van der Waals surface area contributed by atoms with Gasteiger partial charge in [-0.2, -0.15) is 0 Å². The van der Waals surface area contributed by atoms with Crippen LogP contribution in [0.2, 0.25) is 0 Å². The number of rotatable bonds is 7. The van der Waals surface area contributed by atoms with Gasteiger partial charge in [-0.1, -0.05) is 6.07 Å². The first kappa shape index (κ1) is 18.8. The van der Waals surface area contributed by atoms with Crippen molar-refractivity contribution < 1.29 is 18.9 Å². The molecule has 0 unspecified atom stereocenters. The number of aromatic nitrogens is 1. The molecule has 2 aromatic carbocycles. The minimum absolute atomic E-state index is 0.0897. The lowest BCUT2D eigenvalue weighted by Crippen LogP contribution is -2.07. The summed E-state index contributed by atoms with van der Waals surface area (Å²) in [5.74, 6) is 2.87. The van der Waals surface area contributed by atoms with Crippen molar-refractivity contribution in [3.63, 3.8) is 0 Å². The van der Waals surface area contributed by atoms with E-state index in [-0.39, 0.29) is 6.10 Å². The van der Waals surface area contributed by atoms with Crippen molar-refractivity contribution in [3.05, 3.63) is 53.9 Å². The van der Waals surface area contributed by atoms with Crippen LogP contribution in [0.5, 0.6) is 23.0 Å². The lowest BCUT2D eigenvalue weighted by Gasteiger charge is -2.15. The molecule has 3 rings (SSSR count). The van der Waals surface area contributed by atoms with Crippen LogP contribution in [-0.2, 0) is 6.42 Å². The number of hydrogen-bond donors (Lipinski definition) is 0. The van der Waals surface area contributed by atoms with Gasteiger partial charge in [-0.3, -0.25) is 4.98 Å². The highest BCUT2D eigenvalue weighted by molar-refractivity contribution is 5.88. The third-order valence-corrected chi connectivity index (χ3v) is 4.31. The van der Waals surface area contributed by atoms with E-state index in [9.17, 15) is 0 Å². The number of methoxy groups -OCH3 is 3. The molecule has 27 heavy (non-hydrogen) atoms. The fourth-order valence-corrected chi connectivity index (χ4v) is 3.07. The van der Waals surface area contributed by atoms with Crippen molar-refractivity contribution in [1.29, 1.82) is 0 Å². The Morgan fingerprint density at radius 1 is 0.815 bits per heavy atom. The molecule has 0 aliphatic heterocycles. The molecule has 0 spiro atoms. The summed E-state index contributed by atoms with van der Waals surface area (Å²) in [4.78, 5) is 4.59. The molecule has 5 nitrogen and oxygen atoms in total. The fourth-order valence-electron chi connectivity index (χ4n) is 3.07. The molecule has 0 N–H and O–H groups in total. The maximum absolute atomic E-state index is 5.80. The average molecular weight is 367 g/mol. The van der Waals surface area contributed by atoms with Gasteiger partial charge in [-0.15, -0.1) is 0 Å². The Hall–Kier alpha value is -2.95. The van der Waals surface area contributed by atoms with Gasteiger partial charge in [0, 0.05) is 18.0 Å². The van der Waals surface area contributed by atoms with E-state index < -0.39 is 0 Å². The van der Waals surface area contributed by atoms with E-state index in [1.165, 1.54) is 0 Å². The molecular weight excluding hydrogens is 342 g/mol. The summed E-state index contributed by atoms with van der Waals surface area (Å²) in [6.45, 7) is 3.99. The van der Waals surface area contributed by atoms with Crippen LogP contribution in [0.3, 0.4) is 0 Å². The third-order valence-electron chi connectivity index (χ3n) is 4.31. The zero-order chi connectivity index (χ0) is 19.4. The van der Waals surface area contributed by atoms with E-state index in [0.717, 1.165) is 33.5 Å². The minimum atomic E-state index is 0.0897. The van der Waals surface area contributed by atoms with Crippen molar-refractivity contribution in [2.24, 2.45) is 0 Å². The van der Waals surface area contributed by atoms with Crippen LogP contribution in [0.4, 0.5) is 0 Å². The van der Waals surface area contributed by atoms with Gasteiger partial charge in [-0.25, -0.2) is 0 Å². The quantitative estimate of drug-likeness (QED) is 0.609. The van der Waals surface area contributed by atoms with Crippen LogP contribution in [0, 0.1) is 0 Å². The Bertz CT molecular complexity index is 937. The maximum Gasteiger partial charge on any atom is 0.161 e. The van der Waals surface area contributed by atoms with Gasteiger partial charge in [0.05, 0.1) is 33.1 Å². The molecule has 3 aromatic rings. The number of fused-ring (bicyclic) bond motifs is 1. The Morgan fingerprint density at radius 3 is 2.15 bits per heavy atom. The summed E-state index contributed by atoms with van der Waals surface area (Å²) in [6, 6.07) is 11.9. The second-order valence-corrected chi connectivity index (χ2v) is 6.51. The molecule has 0 saturated carbocycles. The normalized spacial score (nSPS) is 10.9. The molecule has 5 heteroatoms. The van der Waals surface area contributed by atoms with Crippen LogP contribution in [0.25, 0.3) is 10.8 Å². The van der Waals surface area contributed by atoms with E-state index in [1.807, 2.05) is 56.4 Å². The summed E-state index contributed by atoms with van der Waals surface area (Å²) >= 11 is 0. The zero-order valence-electron chi connectivity index (χ0n) is 16.4. The largest absolute Gasteiger partial charge is 0.493 e. The van der Waals surface area contributed by atoms with Gasteiger partial charge in [-0.05, 0) is 55.1 Å². The summed E-state index contributed by atoms with van der Waals surface area (Å²) in [5.41, 5.74) is 2.06. The molecular formula is C22H25NO4. The monoisotopic (exact) mass is 367 g/mol. The third kappa shape index (κ3) is 4.08. The number of nitrogens with zero attached hydrogens (tertiary/aromatic N) is 1. The summed E-state index contributed by atoms with van der Waals surface area (Å²) in [5, 5.41) is 2.10. The highest BCUT2D eigenvalue weighted by Gasteiger charge is 2.12. The molecule has 0 aliphatic rings. The molecule has 1 aromatic heterocycles. The standard InChI is InChI=1S/C22H25NO4/c1-14(2)27-19-7-6-15(11-20(19)24-3)10-18-17-13-22(26-5)21(25-4)12-16(17)8-9-23-18/h6-9,11-14H,10H2,1-5H3. The van der Waals surface area contributed by atoms with E-state index in [1.54, 1.807) is 21.3 Å². The van der Waals surface area contributed by atoms with E-state index in [0.29, 0.717) is 17.9 Å². The van der Waals surface area contributed by atoms with Crippen molar-refractivity contribution in [1.82, 2.24) is 4.98 Å². The first-order chi connectivity index (χ1) is 13.0. The lowest BCUT2D eigenvalue weighted by molar-refractivity contribution is 0.230. The summed E-state index contributed by atoms with van der Waals surface area (Å²) in [6.07, 6.45) is 2.58. The summed E-state index contributed by atoms with van der Waals surface area (Å²) < 4.78 is 22.1. The predicted molar refractivity (Wildman–Crippen MR) is 106 cm³/mol. The molecule has 1 heterocycles. The second kappa shape index (κ2) is 8.16. The predicted octanol–water partition coefficient (Wildman–Crippen LogP) is 4.64. The van der Waals surface area contributed by atoms with Crippen LogP contribution in [0.15, 0.2) is 42.6 Å². The molecule has 0 aliphatic carbocycles. The van der Waals surface area contributed by atoms with Gasteiger partial charge in [0.1, 0.15) is 0 Å². The van der Waals surface area contributed by atoms with Crippen molar-refractivity contribution >= 4 is 10.8 Å². The molecule has 0 fully saturated rings. The van der Waals surface area contributed by atoms with Crippen molar-refractivity contribution in [2.45, 2.75) is 26.4 Å². The van der Waals surface area contributed by atoms with Gasteiger partial charge in [0.2, 0.25) is 0 Å². The van der Waals surface area contributed by atoms with Crippen LogP contribution in [-0.4, -0.2) is 32.4 Å². The molecule has 0 bridgehead atoms.